The second-order valence-electron chi connectivity index (χ2n) is 3.20. The van der Waals surface area contributed by atoms with E-state index in [4.69, 9.17) is 5.11 Å². The van der Waals surface area contributed by atoms with Crippen LogP contribution < -0.4 is 0 Å². The van der Waals surface area contributed by atoms with Crippen molar-refractivity contribution >= 4 is 34.3 Å². The lowest BCUT2D eigenvalue weighted by molar-refractivity contribution is -0.131. The molecule has 0 saturated heterocycles. The normalized spacial score (nSPS) is 10.6. The van der Waals surface area contributed by atoms with E-state index in [1.165, 1.54) is 6.08 Å². The first-order chi connectivity index (χ1) is 7.65. The fourth-order valence-electron chi connectivity index (χ4n) is 1.30. The van der Waals surface area contributed by atoms with Crippen molar-refractivity contribution in [3.8, 4) is 0 Å². The monoisotopic (exact) mass is 282 g/mol. The third-order valence-corrected chi connectivity index (χ3v) is 3.01. The average molecular weight is 283 g/mol. The molecule has 1 N–H and O–H groups in total. The molecule has 1 rings (SSSR count). The Labute approximate surface area is 102 Å². The zero-order chi connectivity index (χ0) is 12.0. The molecule has 0 aliphatic rings. The Balaban J connectivity index is 2.94. The number of hydrogen-bond acceptors (Lipinski definition) is 2. The highest BCUT2D eigenvalue weighted by Crippen LogP contribution is 2.24. The SMILES string of the molecule is O=CCCc1cccc(/C=C/C(=O)O)c1Br. The molecular weight excluding hydrogens is 272 g/mol. The van der Waals surface area contributed by atoms with E-state index in [1.54, 1.807) is 0 Å². The van der Waals surface area contributed by atoms with Crippen LogP contribution in [0.5, 0.6) is 0 Å². The summed E-state index contributed by atoms with van der Waals surface area (Å²) in [4.78, 5) is 20.7. The van der Waals surface area contributed by atoms with E-state index >= 15 is 0 Å². The highest BCUT2D eigenvalue weighted by molar-refractivity contribution is 9.10. The van der Waals surface area contributed by atoms with E-state index in [9.17, 15) is 9.59 Å². The van der Waals surface area contributed by atoms with Gasteiger partial charge in [-0.05, 0) is 39.6 Å². The summed E-state index contributed by atoms with van der Waals surface area (Å²) in [6.45, 7) is 0. The second kappa shape index (κ2) is 6.23. The average Bonchev–Trinajstić information content (AvgIpc) is 2.26. The molecule has 0 heterocycles. The van der Waals surface area contributed by atoms with Crippen molar-refractivity contribution in [1.29, 1.82) is 0 Å². The first kappa shape index (κ1) is 12.6. The van der Waals surface area contributed by atoms with Crippen LogP contribution in [0.1, 0.15) is 17.5 Å². The summed E-state index contributed by atoms with van der Waals surface area (Å²) in [5.74, 6) is -0.981. The molecule has 84 valence electrons. The second-order valence-corrected chi connectivity index (χ2v) is 3.99. The number of aryl methyl sites for hydroxylation is 1. The van der Waals surface area contributed by atoms with Gasteiger partial charge in [0.2, 0.25) is 0 Å². The van der Waals surface area contributed by atoms with Gasteiger partial charge in [-0.3, -0.25) is 0 Å². The van der Waals surface area contributed by atoms with Gasteiger partial charge in [-0.2, -0.15) is 0 Å². The van der Waals surface area contributed by atoms with Crippen molar-refractivity contribution in [2.75, 3.05) is 0 Å². The first-order valence-electron chi connectivity index (χ1n) is 4.77. The summed E-state index contributed by atoms with van der Waals surface area (Å²) in [5.41, 5.74) is 1.80. The lowest BCUT2D eigenvalue weighted by Gasteiger charge is -2.05. The van der Waals surface area contributed by atoms with Crippen molar-refractivity contribution < 1.29 is 14.7 Å². The van der Waals surface area contributed by atoms with Crippen molar-refractivity contribution in [1.82, 2.24) is 0 Å². The number of aldehydes is 1. The van der Waals surface area contributed by atoms with Crippen LogP contribution in [0.25, 0.3) is 6.08 Å². The standard InChI is InChI=1S/C12H11BrO3/c13-12-9(5-2-8-14)3-1-4-10(12)6-7-11(15)16/h1,3-4,6-8H,2,5H2,(H,15,16)/b7-6+. The van der Waals surface area contributed by atoms with Gasteiger partial charge in [-0.15, -0.1) is 0 Å². The van der Waals surface area contributed by atoms with Gasteiger partial charge in [-0.25, -0.2) is 4.79 Å². The molecule has 0 saturated carbocycles. The van der Waals surface area contributed by atoms with Gasteiger partial charge in [0.25, 0.3) is 0 Å². The molecule has 0 aromatic heterocycles. The number of halogens is 1. The van der Waals surface area contributed by atoms with Crippen LogP contribution >= 0.6 is 15.9 Å². The Kier molecular flexibility index (Phi) is 4.92. The molecule has 0 amide bonds. The fraction of sp³-hybridized carbons (Fsp3) is 0.167. The van der Waals surface area contributed by atoms with Gasteiger partial charge < -0.3 is 9.90 Å². The predicted molar refractivity (Wildman–Crippen MR) is 65.2 cm³/mol. The minimum atomic E-state index is -0.981. The highest BCUT2D eigenvalue weighted by atomic mass is 79.9. The molecule has 3 nitrogen and oxygen atoms in total. The van der Waals surface area contributed by atoms with Crippen molar-refractivity contribution in [3.05, 3.63) is 39.9 Å². The Morgan fingerprint density at radius 3 is 2.81 bits per heavy atom. The summed E-state index contributed by atoms with van der Waals surface area (Å²) >= 11 is 3.40. The van der Waals surface area contributed by atoms with Crippen molar-refractivity contribution in [3.63, 3.8) is 0 Å². The molecule has 0 spiro atoms. The number of benzene rings is 1. The fourth-order valence-corrected chi connectivity index (χ4v) is 1.89. The van der Waals surface area contributed by atoms with Crippen LogP contribution in [0, 0.1) is 0 Å². The Hall–Kier alpha value is -1.42. The van der Waals surface area contributed by atoms with Gasteiger partial charge in [0.05, 0.1) is 0 Å². The van der Waals surface area contributed by atoms with Crippen LogP contribution in [0.15, 0.2) is 28.7 Å². The van der Waals surface area contributed by atoms with Crippen molar-refractivity contribution in [2.24, 2.45) is 0 Å². The molecule has 0 bridgehead atoms. The Morgan fingerprint density at radius 1 is 1.44 bits per heavy atom. The molecular formula is C12H11BrO3. The number of hydrogen-bond donors (Lipinski definition) is 1. The highest BCUT2D eigenvalue weighted by Gasteiger charge is 2.03. The van der Waals surface area contributed by atoms with E-state index in [2.05, 4.69) is 15.9 Å². The minimum Gasteiger partial charge on any atom is -0.478 e. The van der Waals surface area contributed by atoms with Gasteiger partial charge >= 0.3 is 5.97 Å². The third kappa shape index (κ3) is 3.62. The van der Waals surface area contributed by atoms with Crippen LogP contribution in [-0.2, 0) is 16.0 Å². The number of carboxylic acids is 1. The maximum absolute atomic E-state index is 10.4. The summed E-state index contributed by atoms with van der Waals surface area (Å²) in [6.07, 6.45) is 4.59. The number of aliphatic carboxylic acids is 1. The number of carbonyl (C=O) groups is 2. The predicted octanol–water partition coefficient (Wildman–Crippen LogP) is 2.68. The molecule has 0 radical (unpaired) electrons. The molecule has 4 heteroatoms. The minimum absolute atomic E-state index is 0.463. The molecule has 0 aliphatic heterocycles. The molecule has 0 fully saturated rings. The van der Waals surface area contributed by atoms with Crippen LogP contribution in [0.2, 0.25) is 0 Å². The number of carboxylic acid groups (broad SMARTS) is 1. The summed E-state index contributed by atoms with van der Waals surface area (Å²) in [7, 11) is 0. The van der Waals surface area contributed by atoms with Gasteiger partial charge in [0, 0.05) is 17.0 Å². The van der Waals surface area contributed by atoms with Crippen LogP contribution in [0.3, 0.4) is 0 Å². The van der Waals surface area contributed by atoms with E-state index in [0.29, 0.717) is 12.8 Å². The zero-order valence-corrected chi connectivity index (χ0v) is 10.1. The maximum Gasteiger partial charge on any atom is 0.328 e. The first-order valence-corrected chi connectivity index (χ1v) is 5.56. The van der Waals surface area contributed by atoms with Crippen LogP contribution in [0.4, 0.5) is 0 Å². The molecule has 0 atom stereocenters. The van der Waals surface area contributed by atoms with E-state index in [0.717, 1.165) is 28.0 Å². The summed E-state index contributed by atoms with van der Waals surface area (Å²) in [6, 6.07) is 5.56. The lowest BCUT2D eigenvalue weighted by atomic mass is 10.1. The van der Waals surface area contributed by atoms with Gasteiger partial charge in [0.15, 0.2) is 0 Å². The Bertz CT molecular complexity index is 424. The molecule has 16 heavy (non-hydrogen) atoms. The van der Waals surface area contributed by atoms with E-state index in [-0.39, 0.29) is 0 Å². The topological polar surface area (TPSA) is 54.4 Å². The summed E-state index contributed by atoms with van der Waals surface area (Å²) < 4.78 is 0.842. The maximum atomic E-state index is 10.4. The molecule has 0 unspecified atom stereocenters. The van der Waals surface area contributed by atoms with Crippen LogP contribution in [-0.4, -0.2) is 17.4 Å². The van der Waals surface area contributed by atoms with E-state index in [1.807, 2.05) is 18.2 Å². The zero-order valence-electron chi connectivity index (χ0n) is 8.52. The number of rotatable bonds is 5. The summed E-state index contributed by atoms with van der Waals surface area (Å²) in [5, 5.41) is 8.53. The smallest absolute Gasteiger partial charge is 0.328 e. The van der Waals surface area contributed by atoms with Gasteiger partial charge in [0.1, 0.15) is 6.29 Å². The third-order valence-electron chi connectivity index (χ3n) is 2.05. The molecule has 0 aliphatic carbocycles. The lowest BCUT2D eigenvalue weighted by Crippen LogP contribution is -1.91. The number of carbonyl (C=O) groups excluding carboxylic acids is 1. The van der Waals surface area contributed by atoms with E-state index < -0.39 is 5.97 Å². The molecule has 1 aromatic rings. The Morgan fingerprint density at radius 2 is 2.19 bits per heavy atom. The van der Waals surface area contributed by atoms with Gasteiger partial charge in [-0.1, -0.05) is 18.2 Å². The quantitative estimate of drug-likeness (QED) is 0.667. The van der Waals surface area contributed by atoms with Crippen molar-refractivity contribution in [2.45, 2.75) is 12.8 Å². The molecule has 1 aromatic carbocycles. The largest absolute Gasteiger partial charge is 0.478 e.